The summed E-state index contributed by atoms with van der Waals surface area (Å²) in [5.41, 5.74) is 4.11. The van der Waals surface area contributed by atoms with Crippen molar-refractivity contribution in [2.75, 3.05) is 20.2 Å². The van der Waals surface area contributed by atoms with Crippen LogP contribution in [-0.2, 0) is 20.0 Å². The highest BCUT2D eigenvalue weighted by Crippen LogP contribution is 2.36. The van der Waals surface area contributed by atoms with Gasteiger partial charge in [-0.25, -0.2) is 4.68 Å². The molecule has 6 heteroatoms. The number of aliphatic hydroxyl groups excluding tert-OH is 1. The minimum absolute atomic E-state index is 0.458. The number of aromatic nitrogens is 2. The van der Waals surface area contributed by atoms with E-state index in [4.69, 9.17) is 14.6 Å². The normalized spacial score (nSPS) is 14.1. The van der Waals surface area contributed by atoms with Crippen molar-refractivity contribution >= 4 is 0 Å². The van der Waals surface area contributed by atoms with Crippen molar-refractivity contribution in [2.24, 2.45) is 13.0 Å². The van der Waals surface area contributed by atoms with Crippen LogP contribution in [0.1, 0.15) is 24.0 Å². The molecule has 0 bridgehead atoms. The average Bonchev–Trinajstić information content (AvgIpc) is 3.69. The third-order valence-corrected chi connectivity index (χ3v) is 6.77. The van der Waals surface area contributed by atoms with Gasteiger partial charge in [0.2, 0.25) is 5.88 Å². The Morgan fingerprint density at radius 2 is 1.68 bits per heavy atom. The number of nitrogens with zero attached hydrogens (tertiary/aromatic N) is 3. The molecule has 37 heavy (non-hydrogen) atoms. The first-order chi connectivity index (χ1) is 18.1. The van der Waals surface area contributed by atoms with Crippen LogP contribution in [0.2, 0.25) is 0 Å². The maximum absolute atomic E-state index is 11.0. The second kappa shape index (κ2) is 11.6. The Morgan fingerprint density at radius 1 is 0.973 bits per heavy atom. The van der Waals surface area contributed by atoms with Crippen LogP contribution < -0.4 is 9.47 Å². The molecular weight excluding hydrogens is 462 g/mol. The average molecular weight is 498 g/mol. The molecule has 1 atom stereocenters. The van der Waals surface area contributed by atoms with Crippen molar-refractivity contribution in [3.8, 4) is 28.6 Å². The molecule has 0 aliphatic heterocycles. The van der Waals surface area contributed by atoms with Gasteiger partial charge in [-0.15, -0.1) is 0 Å². The molecule has 5 rings (SSSR count). The zero-order valence-corrected chi connectivity index (χ0v) is 21.6. The van der Waals surface area contributed by atoms with Gasteiger partial charge in [0.1, 0.15) is 17.2 Å². The van der Waals surface area contributed by atoms with Crippen LogP contribution >= 0.6 is 0 Å². The molecular formula is C31H35N3O3. The summed E-state index contributed by atoms with van der Waals surface area (Å²) >= 11 is 0. The molecule has 1 fully saturated rings. The standard InChI is InChI=1S/C31H35N3O3/c1-33-31(37-28-15-9-14-27(19-28)36-2)29(30(32-33)25-12-7-4-8-13-25)22-34(20-24-16-17-24)21-26(35)18-23-10-5-3-6-11-23/h3-15,19,24,26,35H,16-18,20-22H2,1-2H3. The quantitative estimate of drug-likeness (QED) is 0.272. The lowest BCUT2D eigenvalue weighted by atomic mass is 10.1. The topological polar surface area (TPSA) is 59.8 Å². The van der Waals surface area contributed by atoms with E-state index in [9.17, 15) is 5.11 Å². The molecule has 1 N–H and O–H groups in total. The van der Waals surface area contributed by atoms with Crippen molar-refractivity contribution in [1.29, 1.82) is 0 Å². The van der Waals surface area contributed by atoms with Crippen LogP contribution in [-0.4, -0.2) is 46.1 Å². The molecule has 0 amide bonds. The lowest BCUT2D eigenvalue weighted by Gasteiger charge is -2.26. The summed E-state index contributed by atoms with van der Waals surface area (Å²) < 4.78 is 13.6. The third-order valence-electron chi connectivity index (χ3n) is 6.77. The predicted molar refractivity (Wildman–Crippen MR) is 146 cm³/mol. The number of benzene rings is 3. The second-order valence-electron chi connectivity index (χ2n) is 9.88. The molecule has 192 valence electrons. The first kappa shape index (κ1) is 25.1. The van der Waals surface area contributed by atoms with Crippen molar-refractivity contribution in [3.05, 3.63) is 96.1 Å². The van der Waals surface area contributed by atoms with Gasteiger partial charge in [-0.1, -0.05) is 66.7 Å². The van der Waals surface area contributed by atoms with E-state index in [0.717, 1.165) is 34.7 Å². The fraction of sp³-hybridized carbons (Fsp3) is 0.323. The Hall–Kier alpha value is -3.61. The smallest absolute Gasteiger partial charge is 0.222 e. The molecule has 1 aromatic heterocycles. The van der Waals surface area contributed by atoms with Gasteiger partial charge in [-0.2, -0.15) is 5.10 Å². The van der Waals surface area contributed by atoms with E-state index >= 15 is 0 Å². The van der Waals surface area contributed by atoms with E-state index in [1.54, 1.807) is 7.11 Å². The van der Waals surface area contributed by atoms with Crippen molar-refractivity contribution in [2.45, 2.75) is 31.9 Å². The highest BCUT2D eigenvalue weighted by Gasteiger charge is 2.28. The van der Waals surface area contributed by atoms with E-state index in [1.807, 2.05) is 72.4 Å². The molecule has 6 nitrogen and oxygen atoms in total. The molecule has 1 heterocycles. The molecule has 1 unspecified atom stereocenters. The van der Waals surface area contributed by atoms with Crippen LogP contribution in [0.4, 0.5) is 0 Å². The minimum Gasteiger partial charge on any atom is -0.497 e. The molecule has 1 saturated carbocycles. The first-order valence-electron chi connectivity index (χ1n) is 13.0. The largest absolute Gasteiger partial charge is 0.497 e. The lowest BCUT2D eigenvalue weighted by molar-refractivity contribution is 0.105. The first-order valence-corrected chi connectivity index (χ1v) is 13.0. The van der Waals surface area contributed by atoms with E-state index < -0.39 is 6.10 Å². The monoisotopic (exact) mass is 497 g/mol. The summed E-state index contributed by atoms with van der Waals surface area (Å²) in [6.45, 7) is 2.18. The van der Waals surface area contributed by atoms with Crippen LogP contribution in [0, 0.1) is 5.92 Å². The number of hydrogen-bond acceptors (Lipinski definition) is 5. The third kappa shape index (κ3) is 6.59. The van der Waals surface area contributed by atoms with Crippen LogP contribution in [0.15, 0.2) is 84.9 Å². The van der Waals surface area contributed by atoms with Crippen molar-refractivity contribution in [3.63, 3.8) is 0 Å². The van der Waals surface area contributed by atoms with Gasteiger partial charge in [0.25, 0.3) is 0 Å². The van der Waals surface area contributed by atoms with Gasteiger partial charge in [0, 0.05) is 38.3 Å². The summed E-state index contributed by atoms with van der Waals surface area (Å²) in [5, 5.41) is 15.9. The summed E-state index contributed by atoms with van der Waals surface area (Å²) in [5.74, 6) is 2.82. The highest BCUT2D eigenvalue weighted by molar-refractivity contribution is 5.65. The number of aryl methyl sites for hydroxylation is 1. The summed E-state index contributed by atoms with van der Waals surface area (Å²) in [6.07, 6.45) is 2.67. The van der Waals surface area contributed by atoms with Crippen LogP contribution in [0.25, 0.3) is 11.3 Å². The SMILES string of the molecule is COc1cccc(Oc2c(CN(CC(O)Cc3ccccc3)CC3CC3)c(-c3ccccc3)nn2C)c1. The minimum atomic E-state index is -0.458. The van der Waals surface area contributed by atoms with Gasteiger partial charge in [-0.05, 0) is 42.9 Å². The van der Waals surface area contributed by atoms with Gasteiger partial charge >= 0.3 is 0 Å². The van der Waals surface area contributed by atoms with Crippen LogP contribution in [0.3, 0.4) is 0 Å². The zero-order chi connectivity index (χ0) is 25.6. The number of rotatable bonds is 12. The maximum Gasteiger partial charge on any atom is 0.222 e. The fourth-order valence-corrected chi connectivity index (χ4v) is 4.77. The second-order valence-corrected chi connectivity index (χ2v) is 9.88. The number of ether oxygens (including phenoxy) is 2. The molecule has 3 aromatic carbocycles. The number of aliphatic hydroxyl groups is 1. The fourth-order valence-electron chi connectivity index (χ4n) is 4.77. The van der Waals surface area contributed by atoms with E-state index in [-0.39, 0.29) is 0 Å². The Labute approximate surface area is 219 Å². The summed E-state index contributed by atoms with van der Waals surface area (Å²) in [6, 6.07) is 28.1. The number of methoxy groups -OCH3 is 1. The highest BCUT2D eigenvalue weighted by atomic mass is 16.5. The molecule has 0 spiro atoms. The molecule has 4 aromatic rings. The Morgan fingerprint density at radius 3 is 2.38 bits per heavy atom. The molecule has 1 aliphatic rings. The molecule has 0 saturated heterocycles. The van der Waals surface area contributed by atoms with Crippen molar-refractivity contribution < 1.29 is 14.6 Å². The van der Waals surface area contributed by atoms with E-state index in [0.29, 0.717) is 37.1 Å². The molecule has 0 radical (unpaired) electrons. The van der Waals surface area contributed by atoms with Gasteiger partial charge < -0.3 is 14.6 Å². The zero-order valence-electron chi connectivity index (χ0n) is 21.6. The van der Waals surface area contributed by atoms with Crippen molar-refractivity contribution in [1.82, 2.24) is 14.7 Å². The number of hydrogen-bond donors (Lipinski definition) is 1. The Balaban J connectivity index is 1.45. The lowest BCUT2D eigenvalue weighted by Crippen LogP contribution is -2.35. The molecule has 1 aliphatic carbocycles. The predicted octanol–water partition coefficient (Wildman–Crippen LogP) is 5.70. The van der Waals surface area contributed by atoms with Gasteiger partial charge in [0.05, 0.1) is 18.8 Å². The summed E-state index contributed by atoms with van der Waals surface area (Å²) in [4.78, 5) is 2.37. The van der Waals surface area contributed by atoms with E-state index in [2.05, 4.69) is 29.2 Å². The van der Waals surface area contributed by atoms with Gasteiger partial charge in [0.15, 0.2) is 0 Å². The van der Waals surface area contributed by atoms with E-state index in [1.165, 1.54) is 12.8 Å². The Kier molecular flexibility index (Phi) is 7.87. The van der Waals surface area contributed by atoms with Gasteiger partial charge in [-0.3, -0.25) is 4.90 Å². The Bertz CT molecular complexity index is 1290. The maximum atomic E-state index is 11.0. The summed E-state index contributed by atoms with van der Waals surface area (Å²) in [7, 11) is 3.57. The van der Waals surface area contributed by atoms with Crippen LogP contribution in [0.5, 0.6) is 17.4 Å².